The second-order valence-corrected chi connectivity index (χ2v) is 11.1. The Hall–Kier alpha value is -6.34. The molecule has 0 aliphatic rings. The van der Waals surface area contributed by atoms with Crippen molar-refractivity contribution < 1.29 is 8.83 Å². The molecule has 0 fully saturated rings. The van der Waals surface area contributed by atoms with Crippen molar-refractivity contribution in [1.29, 1.82) is 0 Å². The van der Waals surface area contributed by atoms with Crippen LogP contribution < -0.4 is 0 Å². The molecule has 0 bridgehead atoms. The number of nitrogens with zero attached hydrogens (tertiary/aromatic N) is 5. The van der Waals surface area contributed by atoms with Gasteiger partial charge in [0.2, 0.25) is 5.95 Å². The minimum Gasteiger partial charge on any atom is -0.456 e. The molecule has 0 saturated carbocycles. The minimum atomic E-state index is 0.533. The first kappa shape index (κ1) is 24.1. The van der Waals surface area contributed by atoms with Crippen LogP contribution in [0.25, 0.3) is 94.4 Å². The number of benzene rings is 5. The highest BCUT2D eigenvalue weighted by atomic mass is 16.3. The molecule has 5 heterocycles. The number of aromatic nitrogens is 5. The maximum absolute atomic E-state index is 6.23. The molecule has 5 aromatic carbocycles. The van der Waals surface area contributed by atoms with Crippen LogP contribution >= 0.6 is 0 Å². The summed E-state index contributed by atoms with van der Waals surface area (Å²) in [5.74, 6) is 1.64. The third-order valence-electron chi connectivity index (χ3n) is 8.58. The van der Waals surface area contributed by atoms with Crippen LogP contribution in [0.4, 0.5) is 0 Å². The van der Waals surface area contributed by atoms with E-state index in [1.165, 1.54) is 0 Å². The fraction of sp³-hybridized carbons (Fsp3) is 0. The van der Waals surface area contributed by atoms with Gasteiger partial charge in [0.25, 0.3) is 0 Å². The van der Waals surface area contributed by atoms with E-state index in [9.17, 15) is 0 Å². The SMILES string of the molecule is c1ccc2c(c1)oc1cccc(-c3nc(-c4ccc5c(c4)oc4cnccc45)nc(-n4c5ccccc5c5ccccc54)n3)c12. The topological polar surface area (TPSA) is 82.8 Å². The Labute approximate surface area is 255 Å². The first-order valence-corrected chi connectivity index (χ1v) is 14.7. The van der Waals surface area contributed by atoms with Crippen molar-refractivity contribution in [2.24, 2.45) is 0 Å². The highest BCUT2D eigenvalue weighted by molar-refractivity contribution is 6.12. The normalized spacial score (nSPS) is 12.0. The monoisotopic (exact) mass is 579 g/mol. The number of pyridine rings is 1. The summed E-state index contributed by atoms with van der Waals surface area (Å²) in [6.45, 7) is 0. The van der Waals surface area contributed by atoms with E-state index in [1.54, 1.807) is 12.4 Å². The largest absolute Gasteiger partial charge is 0.456 e. The lowest BCUT2D eigenvalue weighted by molar-refractivity contribution is 0.667. The molecule has 45 heavy (non-hydrogen) atoms. The summed E-state index contributed by atoms with van der Waals surface area (Å²) in [4.78, 5) is 19.6. The van der Waals surface area contributed by atoms with Gasteiger partial charge in [-0.3, -0.25) is 9.55 Å². The Balaban J connectivity index is 1.29. The third kappa shape index (κ3) is 3.52. The van der Waals surface area contributed by atoms with Crippen molar-refractivity contribution in [3.8, 4) is 28.7 Å². The van der Waals surface area contributed by atoms with E-state index in [1.807, 2.05) is 60.7 Å². The Morgan fingerprint density at radius 2 is 1.18 bits per heavy atom. The van der Waals surface area contributed by atoms with E-state index in [4.69, 9.17) is 23.8 Å². The molecule has 7 nitrogen and oxygen atoms in total. The lowest BCUT2D eigenvalue weighted by Crippen LogP contribution is -2.06. The highest BCUT2D eigenvalue weighted by Gasteiger charge is 2.20. The summed E-state index contributed by atoms with van der Waals surface area (Å²) in [6, 6.07) is 38.9. The van der Waals surface area contributed by atoms with Crippen LogP contribution in [0.3, 0.4) is 0 Å². The van der Waals surface area contributed by atoms with Crippen LogP contribution in [0, 0.1) is 0 Å². The van der Waals surface area contributed by atoms with E-state index in [2.05, 4.69) is 64.1 Å². The van der Waals surface area contributed by atoms with Crippen LogP contribution in [-0.4, -0.2) is 24.5 Å². The number of fused-ring (bicyclic) bond motifs is 9. The summed E-state index contributed by atoms with van der Waals surface area (Å²) in [6.07, 6.45) is 3.52. The number of hydrogen-bond acceptors (Lipinski definition) is 6. The molecular weight excluding hydrogens is 558 g/mol. The average molecular weight is 580 g/mol. The summed E-state index contributed by atoms with van der Waals surface area (Å²) in [5.41, 5.74) is 6.84. The van der Waals surface area contributed by atoms with Gasteiger partial charge in [0.1, 0.15) is 16.7 Å². The van der Waals surface area contributed by atoms with E-state index in [0.717, 1.165) is 76.8 Å². The number of para-hydroxylation sites is 3. The lowest BCUT2D eigenvalue weighted by atomic mass is 10.1. The fourth-order valence-corrected chi connectivity index (χ4v) is 6.58. The quantitative estimate of drug-likeness (QED) is 0.207. The molecule has 0 amide bonds. The maximum atomic E-state index is 6.23. The molecule has 0 spiro atoms. The molecule has 5 aromatic heterocycles. The number of furan rings is 2. The lowest BCUT2D eigenvalue weighted by Gasteiger charge is -2.11. The second kappa shape index (κ2) is 9.08. The summed E-state index contributed by atoms with van der Waals surface area (Å²) < 4.78 is 14.5. The first-order valence-electron chi connectivity index (χ1n) is 14.7. The van der Waals surface area contributed by atoms with Crippen LogP contribution in [0.15, 0.2) is 136 Å². The van der Waals surface area contributed by atoms with Gasteiger partial charge in [0.05, 0.1) is 17.2 Å². The standard InChI is InChI=1S/C38H21N5O2/c1-4-12-29-23(8-1)24-9-2-5-13-30(24)43(29)38-41-36(22-16-17-25-26-18-19-39-21-34(26)45-33(25)20-22)40-37(42-38)28-11-7-15-32-35(28)27-10-3-6-14-31(27)44-32/h1-21H. The van der Waals surface area contributed by atoms with Crippen LogP contribution in [0.1, 0.15) is 0 Å². The zero-order chi connectivity index (χ0) is 29.5. The average Bonchev–Trinajstić information content (AvgIpc) is 3.77. The molecule has 0 atom stereocenters. The fourth-order valence-electron chi connectivity index (χ4n) is 6.58. The molecule has 0 unspecified atom stereocenters. The van der Waals surface area contributed by atoms with Crippen LogP contribution in [0.2, 0.25) is 0 Å². The number of hydrogen-bond donors (Lipinski definition) is 0. The van der Waals surface area contributed by atoms with Gasteiger partial charge in [0.15, 0.2) is 17.2 Å². The molecule has 0 aliphatic carbocycles. The first-order chi connectivity index (χ1) is 22.3. The molecule has 10 rings (SSSR count). The van der Waals surface area contributed by atoms with Gasteiger partial charge < -0.3 is 8.83 Å². The van der Waals surface area contributed by atoms with Crippen molar-refractivity contribution >= 4 is 65.7 Å². The molecule has 210 valence electrons. The van der Waals surface area contributed by atoms with Crippen LogP contribution in [-0.2, 0) is 0 Å². The predicted molar refractivity (Wildman–Crippen MR) is 177 cm³/mol. The van der Waals surface area contributed by atoms with Crippen molar-refractivity contribution in [3.05, 3.63) is 128 Å². The maximum Gasteiger partial charge on any atom is 0.238 e. The molecule has 0 radical (unpaired) electrons. The van der Waals surface area contributed by atoms with E-state index < -0.39 is 0 Å². The smallest absolute Gasteiger partial charge is 0.238 e. The van der Waals surface area contributed by atoms with Gasteiger partial charge in [-0.25, -0.2) is 4.98 Å². The van der Waals surface area contributed by atoms with Gasteiger partial charge in [-0.2, -0.15) is 9.97 Å². The molecule has 0 N–H and O–H groups in total. The van der Waals surface area contributed by atoms with Gasteiger partial charge in [-0.15, -0.1) is 0 Å². The van der Waals surface area contributed by atoms with Gasteiger partial charge in [0, 0.05) is 49.6 Å². The predicted octanol–water partition coefficient (Wildman–Crippen LogP) is 9.50. The third-order valence-corrected chi connectivity index (χ3v) is 8.58. The Bertz CT molecular complexity index is 2740. The van der Waals surface area contributed by atoms with Gasteiger partial charge in [-0.05, 0) is 42.5 Å². The second-order valence-electron chi connectivity index (χ2n) is 11.1. The minimum absolute atomic E-state index is 0.533. The summed E-state index contributed by atoms with van der Waals surface area (Å²) in [5, 5.41) is 6.29. The van der Waals surface area contributed by atoms with Crippen LogP contribution in [0.5, 0.6) is 0 Å². The summed E-state index contributed by atoms with van der Waals surface area (Å²) in [7, 11) is 0. The zero-order valence-electron chi connectivity index (χ0n) is 23.7. The van der Waals surface area contributed by atoms with E-state index >= 15 is 0 Å². The Morgan fingerprint density at radius 3 is 2.02 bits per heavy atom. The van der Waals surface area contributed by atoms with Gasteiger partial charge in [-0.1, -0.05) is 72.8 Å². The Kier molecular flexibility index (Phi) is 4.87. The van der Waals surface area contributed by atoms with Crippen molar-refractivity contribution in [3.63, 3.8) is 0 Å². The molecule has 10 aromatic rings. The molecule has 7 heteroatoms. The van der Waals surface area contributed by atoms with E-state index in [0.29, 0.717) is 17.6 Å². The number of rotatable bonds is 3. The highest BCUT2D eigenvalue weighted by Crippen LogP contribution is 2.38. The molecular formula is C38H21N5O2. The molecule has 0 aliphatic heterocycles. The van der Waals surface area contributed by atoms with E-state index in [-0.39, 0.29) is 0 Å². The Morgan fingerprint density at radius 1 is 0.489 bits per heavy atom. The van der Waals surface area contributed by atoms with Crippen molar-refractivity contribution in [1.82, 2.24) is 24.5 Å². The summed E-state index contributed by atoms with van der Waals surface area (Å²) >= 11 is 0. The van der Waals surface area contributed by atoms with Gasteiger partial charge >= 0.3 is 0 Å². The molecule has 0 saturated heterocycles. The zero-order valence-corrected chi connectivity index (χ0v) is 23.7. The van der Waals surface area contributed by atoms with Crippen molar-refractivity contribution in [2.45, 2.75) is 0 Å². The van der Waals surface area contributed by atoms with Crippen molar-refractivity contribution in [2.75, 3.05) is 0 Å².